The average Bonchev–Trinajstić information content (AvgIpc) is 2.93. The van der Waals surface area contributed by atoms with E-state index < -0.39 is 0 Å². The number of hydrogen-bond donors (Lipinski definition) is 0. The second-order valence-electron chi connectivity index (χ2n) is 7.79. The number of aromatic nitrogens is 3. The molecule has 1 aromatic carbocycles. The number of carbonyl (C=O) groups excluding carboxylic acids is 1. The Labute approximate surface area is 176 Å². The van der Waals surface area contributed by atoms with Crippen LogP contribution in [0.3, 0.4) is 0 Å². The van der Waals surface area contributed by atoms with E-state index in [1.165, 1.54) is 6.42 Å². The van der Waals surface area contributed by atoms with E-state index in [9.17, 15) is 4.79 Å². The minimum absolute atomic E-state index is 0.0800. The summed E-state index contributed by atoms with van der Waals surface area (Å²) in [6.45, 7) is 3.24. The van der Waals surface area contributed by atoms with Gasteiger partial charge in [-0.1, -0.05) is 18.6 Å². The third-order valence-corrected chi connectivity index (χ3v) is 5.66. The van der Waals surface area contributed by atoms with Gasteiger partial charge in [-0.3, -0.25) is 4.79 Å². The zero-order valence-electron chi connectivity index (χ0n) is 18.1. The Morgan fingerprint density at radius 1 is 1.17 bits per heavy atom. The van der Waals surface area contributed by atoms with Crippen molar-refractivity contribution in [1.29, 1.82) is 0 Å². The molecule has 7 nitrogen and oxygen atoms in total. The molecule has 0 radical (unpaired) electrons. The number of rotatable bonds is 5. The lowest BCUT2D eigenvalue weighted by Gasteiger charge is -2.20. The Bertz CT molecular complexity index is 1090. The molecule has 3 heterocycles. The number of nitrogens with zero attached hydrogens (tertiary/aromatic N) is 4. The summed E-state index contributed by atoms with van der Waals surface area (Å²) in [6.07, 6.45) is 4.38. The highest BCUT2D eigenvalue weighted by Crippen LogP contribution is 2.32. The first kappa shape index (κ1) is 20.2. The van der Waals surface area contributed by atoms with Crippen LogP contribution in [-0.4, -0.2) is 46.6 Å². The first-order valence-corrected chi connectivity index (χ1v) is 10.4. The Morgan fingerprint density at radius 2 is 2.00 bits per heavy atom. The van der Waals surface area contributed by atoms with Crippen LogP contribution in [0.5, 0.6) is 11.5 Å². The van der Waals surface area contributed by atoms with Crippen molar-refractivity contribution in [2.45, 2.75) is 45.7 Å². The summed E-state index contributed by atoms with van der Waals surface area (Å²) >= 11 is 0. The molecule has 0 fully saturated rings. The standard InChI is InChI=1S/C23H28N4O3/c1-15-13-17(20-22(24-15)27-12-7-5-6-11-19(27)25-20)23(28)26(2)14-16-9-8-10-18(29-3)21(16)30-4/h8-10,13H,5-7,11-12,14H2,1-4H3. The van der Waals surface area contributed by atoms with Crippen molar-refractivity contribution in [3.63, 3.8) is 0 Å². The number of para-hydroxylation sites is 1. The summed E-state index contributed by atoms with van der Waals surface area (Å²) in [6, 6.07) is 7.53. The van der Waals surface area contributed by atoms with Crippen molar-refractivity contribution >= 4 is 17.1 Å². The summed E-state index contributed by atoms with van der Waals surface area (Å²) in [5, 5.41) is 0. The van der Waals surface area contributed by atoms with Gasteiger partial charge in [0.2, 0.25) is 0 Å². The first-order chi connectivity index (χ1) is 14.5. The number of hydrogen-bond acceptors (Lipinski definition) is 5. The molecular weight excluding hydrogens is 380 g/mol. The topological polar surface area (TPSA) is 69.5 Å². The SMILES string of the molecule is COc1cccc(CN(C)C(=O)c2cc(C)nc3c2nc2n3CCCCC2)c1OC. The van der Waals surface area contributed by atoms with Gasteiger partial charge in [-0.15, -0.1) is 0 Å². The van der Waals surface area contributed by atoms with Gasteiger partial charge in [0.1, 0.15) is 11.3 Å². The van der Waals surface area contributed by atoms with Gasteiger partial charge < -0.3 is 18.9 Å². The third kappa shape index (κ3) is 3.60. The number of methoxy groups -OCH3 is 2. The minimum Gasteiger partial charge on any atom is -0.493 e. The van der Waals surface area contributed by atoms with Gasteiger partial charge in [-0.05, 0) is 31.9 Å². The summed E-state index contributed by atoms with van der Waals surface area (Å²) < 4.78 is 13.1. The molecule has 4 rings (SSSR count). The van der Waals surface area contributed by atoms with E-state index in [1.807, 2.05) is 31.2 Å². The molecule has 1 amide bonds. The maximum atomic E-state index is 13.4. The van der Waals surface area contributed by atoms with E-state index in [1.54, 1.807) is 26.2 Å². The summed E-state index contributed by atoms with van der Waals surface area (Å²) in [5.74, 6) is 2.25. The van der Waals surface area contributed by atoms with Crippen molar-refractivity contribution in [3.8, 4) is 11.5 Å². The van der Waals surface area contributed by atoms with E-state index in [4.69, 9.17) is 19.4 Å². The van der Waals surface area contributed by atoms with Crippen LogP contribution in [-0.2, 0) is 19.5 Å². The third-order valence-electron chi connectivity index (χ3n) is 5.66. The number of imidazole rings is 1. The monoisotopic (exact) mass is 408 g/mol. The van der Waals surface area contributed by atoms with E-state index >= 15 is 0 Å². The van der Waals surface area contributed by atoms with Crippen LogP contribution in [0, 0.1) is 6.92 Å². The molecule has 2 aromatic heterocycles. The Kier molecular flexibility index (Phi) is 5.61. The molecule has 1 aliphatic rings. The minimum atomic E-state index is -0.0800. The average molecular weight is 409 g/mol. The molecular formula is C23H28N4O3. The van der Waals surface area contributed by atoms with E-state index in [0.717, 1.165) is 48.5 Å². The fourth-order valence-electron chi connectivity index (χ4n) is 4.19. The largest absolute Gasteiger partial charge is 0.493 e. The molecule has 30 heavy (non-hydrogen) atoms. The van der Waals surface area contributed by atoms with Crippen molar-refractivity contribution in [2.24, 2.45) is 0 Å². The maximum Gasteiger partial charge on any atom is 0.256 e. The fraction of sp³-hybridized carbons (Fsp3) is 0.435. The highest BCUT2D eigenvalue weighted by Gasteiger charge is 2.23. The van der Waals surface area contributed by atoms with Crippen LogP contribution >= 0.6 is 0 Å². The zero-order valence-corrected chi connectivity index (χ0v) is 18.1. The lowest BCUT2D eigenvalue weighted by molar-refractivity contribution is 0.0785. The fourth-order valence-corrected chi connectivity index (χ4v) is 4.19. The number of benzene rings is 1. The number of fused-ring (bicyclic) bond motifs is 3. The Balaban J connectivity index is 1.70. The van der Waals surface area contributed by atoms with Crippen LogP contribution in [0.15, 0.2) is 24.3 Å². The number of aryl methyl sites for hydroxylation is 3. The predicted molar refractivity (Wildman–Crippen MR) is 115 cm³/mol. The Morgan fingerprint density at radius 3 is 2.77 bits per heavy atom. The number of pyridine rings is 1. The van der Waals surface area contributed by atoms with Gasteiger partial charge in [-0.2, -0.15) is 0 Å². The van der Waals surface area contributed by atoms with Gasteiger partial charge in [0, 0.05) is 37.8 Å². The second kappa shape index (κ2) is 8.34. The molecule has 0 saturated heterocycles. The van der Waals surface area contributed by atoms with E-state index in [-0.39, 0.29) is 5.91 Å². The van der Waals surface area contributed by atoms with Gasteiger partial charge in [-0.25, -0.2) is 9.97 Å². The lowest BCUT2D eigenvalue weighted by atomic mass is 10.1. The highest BCUT2D eigenvalue weighted by atomic mass is 16.5. The zero-order chi connectivity index (χ0) is 21.3. The quantitative estimate of drug-likeness (QED) is 0.643. The molecule has 0 bridgehead atoms. The number of ether oxygens (including phenoxy) is 2. The second-order valence-corrected chi connectivity index (χ2v) is 7.79. The summed E-state index contributed by atoms with van der Waals surface area (Å²) in [5.41, 5.74) is 3.83. The van der Waals surface area contributed by atoms with Crippen LogP contribution in [0.2, 0.25) is 0 Å². The molecule has 0 N–H and O–H groups in total. The van der Waals surface area contributed by atoms with Crippen molar-refractivity contribution in [1.82, 2.24) is 19.4 Å². The van der Waals surface area contributed by atoms with Crippen LogP contribution < -0.4 is 9.47 Å². The normalized spacial score (nSPS) is 13.6. The lowest BCUT2D eigenvalue weighted by Crippen LogP contribution is -2.27. The van der Waals surface area contributed by atoms with Crippen molar-refractivity contribution in [3.05, 3.63) is 46.9 Å². The first-order valence-electron chi connectivity index (χ1n) is 10.4. The number of amides is 1. The predicted octanol–water partition coefficient (Wildman–Crippen LogP) is 3.76. The molecule has 7 heteroatoms. The molecule has 3 aromatic rings. The van der Waals surface area contributed by atoms with Gasteiger partial charge in [0.25, 0.3) is 5.91 Å². The molecule has 0 spiro atoms. The summed E-state index contributed by atoms with van der Waals surface area (Å²) in [4.78, 5) is 24.7. The maximum absolute atomic E-state index is 13.4. The van der Waals surface area contributed by atoms with Crippen LogP contribution in [0.25, 0.3) is 11.2 Å². The molecule has 158 valence electrons. The Hall–Kier alpha value is -3.09. The highest BCUT2D eigenvalue weighted by molar-refractivity contribution is 6.04. The van der Waals surface area contributed by atoms with Gasteiger partial charge >= 0.3 is 0 Å². The van der Waals surface area contributed by atoms with E-state index in [2.05, 4.69) is 4.57 Å². The van der Waals surface area contributed by atoms with E-state index in [0.29, 0.717) is 29.1 Å². The molecule has 0 atom stereocenters. The molecule has 1 aliphatic heterocycles. The van der Waals surface area contributed by atoms with Crippen LogP contribution in [0.1, 0.15) is 46.7 Å². The molecule has 0 unspecified atom stereocenters. The molecule has 0 saturated carbocycles. The van der Waals surface area contributed by atoms with Crippen molar-refractivity contribution in [2.75, 3.05) is 21.3 Å². The smallest absolute Gasteiger partial charge is 0.256 e. The van der Waals surface area contributed by atoms with Gasteiger partial charge in [0.15, 0.2) is 17.1 Å². The molecule has 0 aliphatic carbocycles. The summed E-state index contributed by atoms with van der Waals surface area (Å²) in [7, 11) is 5.01. The van der Waals surface area contributed by atoms with Crippen LogP contribution in [0.4, 0.5) is 0 Å². The van der Waals surface area contributed by atoms with Crippen molar-refractivity contribution < 1.29 is 14.3 Å². The number of carbonyl (C=O) groups is 1. The van der Waals surface area contributed by atoms with Gasteiger partial charge in [0.05, 0.1) is 19.8 Å².